The maximum absolute atomic E-state index is 2.47. The molecule has 1 aliphatic rings. The molecule has 0 saturated carbocycles. The van der Waals surface area contributed by atoms with Crippen LogP contribution in [-0.4, -0.2) is 0 Å². The van der Waals surface area contributed by atoms with Gasteiger partial charge in [0.1, 0.15) is 0 Å². The highest BCUT2D eigenvalue weighted by atomic mass is 15.1. The second-order valence-corrected chi connectivity index (χ2v) is 13.4. The molecule has 0 aliphatic heterocycles. The van der Waals surface area contributed by atoms with Gasteiger partial charge >= 0.3 is 0 Å². The van der Waals surface area contributed by atoms with Crippen molar-refractivity contribution in [3.05, 3.63) is 187 Å². The zero-order valence-corrected chi connectivity index (χ0v) is 27.2. The average molecular weight is 614 g/mol. The van der Waals surface area contributed by atoms with Crippen molar-refractivity contribution in [3.63, 3.8) is 0 Å². The van der Waals surface area contributed by atoms with Crippen LogP contribution < -0.4 is 4.90 Å². The highest BCUT2D eigenvalue weighted by Crippen LogP contribution is 2.54. The lowest BCUT2D eigenvalue weighted by Crippen LogP contribution is -2.17. The molecule has 0 N–H and O–H groups in total. The Morgan fingerprint density at radius 2 is 0.938 bits per heavy atom. The second-order valence-electron chi connectivity index (χ2n) is 13.4. The smallest absolute Gasteiger partial charge is 0.0546 e. The number of anilines is 3. The number of hydrogen-bond donors (Lipinski definition) is 0. The molecule has 8 aromatic rings. The van der Waals surface area contributed by atoms with Crippen molar-refractivity contribution in [1.82, 2.24) is 0 Å². The first-order valence-corrected chi connectivity index (χ1v) is 16.8. The van der Waals surface area contributed by atoms with Crippen molar-refractivity contribution < 1.29 is 0 Å². The van der Waals surface area contributed by atoms with Gasteiger partial charge in [-0.1, -0.05) is 153 Å². The maximum Gasteiger partial charge on any atom is 0.0546 e. The van der Waals surface area contributed by atoms with E-state index < -0.39 is 0 Å². The average Bonchev–Trinajstić information content (AvgIpc) is 3.38. The van der Waals surface area contributed by atoms with Crippen molar-refractivity contribution in [2.75, 3.05) is 4.90 Å². The fourth-order valence-electron chi connectivity index (χ4n) is 7.78. The molecule has 0 atom stereocenters. The van der Waals surface area contributed by atoms with Crippen LogP contribution in [0.4, 0.5) is 17.1 Å². The summed E-state index contributed by atoms with van der Waals surface area (Å²) in [6.07, 6.45) is 0. The third kappa shape index (κ3) is 4.54. The molecular weight excluding hydrogens is 579 g/mol. The van der Waals surface area contributed by atoms with E-state index in [1.54, 1.807) is 0 Å². The standard InChI is InChI=1S/C47H35N/c1-47(2)43-23-13-22-40(33-15-5-3-6-16-33)46(43)41-27-26-39(31-44(41)47)48(38-25-24-32-14-9-10-19-35(32)28-38)45-30-37-21-12-11-20-36(37)29-42(45)34-17-7-4-8-18-34/h3-31H,1-2H3. The number of fused-ring (bicyclic) bond motifs is 5. The molecule has 0 unspecified atom stereocenters. The van der Waals surface area contributed by atoms with Crippen LogP contribution >= 0.6 is 0 Å². The number of hydrogen-bond acceptors (Lipinski definition) is 1. The Morgan fingerprint density at radius 3 is 1.65 bits per heavy atom. The van der Waals surface area contributed by atoms with E-state index in [-0.39, 0.29) is 5.41 Å². The lowest BCUT2D eigenvalue weighted by molar-refractivity contribution is 0.660. The first-order chi connectivity index (χ1) is 23.6. The number of benzene rings is 8. The summed E-state index contributed by atoms with van der Waals surface area (Å²) < 4.78 is 0. The van der Waals surface area contributed by atoms with Gasteiger partial charge in [0.05, 0.1) is 5.69 Å². The fraction of sp³-hybridized carbons (Fsp3) is 0.0638. The third-order valence-electron chi connectivity index (χ3n) is 10.2. The van der Waals surface area contributed by atoms with Gasteiger partial charge in [-0.05, 0) is 96.9 Å². The molecule has 48 heavy (non-hydrogen) atoms. The normalized spacial score (nSPS) is 13.0. The van der Waals surface area contributed by atoms with Crippen molar-refractivity contribution >= 4 is 38.6 Å². The maximum atomic E-state index is 2.47. The molecule has 0 saturated heterocycles. The van der Waals surface area contributed by atoms with Crippen molar-refractivity contribution in [2.24, 2.45) is 0 Å². The van der Waals surface area contributed by atoms with E-state index in [9.17, 15) is 0 Å². The molecule has 0 bridgehead atoms. The van der Waals surface area contributed by atoms with E-state index in [1.807, 2.05) is 0 Å². The molecule has 1 nitrogen and oxygen atoms in total. The van der Waals surface area contributed by atoms with E-state index in [0.717, 1.165) is 17.1 Å². The van der Waals surface area contributed by atoms with Crippen LogP contribution in [0.5, 0.6) is 0 Å². The van der Waals surface area contributed by atoms with E-state index >= 15 is 0 Å². The number of rotatable bonds is 5. The zero-order chi connectivity index (χ0) is 32.2. The van der Waals surface area contributed by atoms with Gasteiger partial charge in [-0.2, -0.15) is 0 Å². The molecule has 8 aromatic carbocycles. The molecule has 0 heterocycles. The summed E-state index contributed by atoms with van der Waals surface area (Å²) in [4.78, 5) is 2.47. The predicted octanol–water partition coefficient (Wildman–Crippen LogP) is 13.1. The molecule has 1 heteroatoms. The molecular formula is C47H35N. The van der Waals surface area contributed by atoms with Crippen LogP contribution in [0, 0.1) is 0 Å². The van der Waals surface area contributed by atoms with E-state index in [0.29, 0.717) is 0 Å². The van der Waals surface area contributed by atoms with Crippen LogP contribution in [0.3, 0.4) is 0 Å². The summed E-state index contributed by atoms with van der Waals surface area (Å²) in [5, 5.41) is 4.92. The molecule has 228 valence electrons. The predicted molar refractivity (Wildman–Crippen MR) is 205 cm³/mol. The van der Waals surface area contributed by atoms with Crippen molar-refractivity contribution in [3.8, 4) is 33.4 Å². The molecule has 0 aromatic heterocycles. The molecule has 0 spiro atoms. The Balaban J connectivity index is 1.31. The summed E-state index contributed by atoms with van der Waals surface area (Å²) in [7, 11) is 0. The molecule has 1 aliphatic carbocycles. The van der Waals surface area contributed by atoms with Crippen molar-refractivity contribution in [2.45, 2.75) is 19.3 Å². The molecule has 9 rings (SSSR count). The molecule has 0 radical (unpaired) electrons. The SMILES string of the molecule is CC1(C)c2cc(N(c3ccc4ccccc4c3)c3cc4ccccc4cc3-c3ccccc3)ccc2-c2c(-c3ccccc3)cccc21. The second kappa shape index (κ2) is 11.1. The van der Waals surface area contributed by atoms with Gasteiger partial charge < -0.3 is 4.90 Å². The Bertz CT molecular complexity index is 2470. The highest BCUT2D eigenvalue weighted by Gasteiger charge is 2.37. The van der Waals surface area contributed by atoms with Crippen LogP contribution in [-0.2, 0) is 5.41 Å². The summed E-state index contributed by atoms with van der Waals surface area (Å²) in [5.74, 6) is 0. The Labute approximate surface area is 282 Å². The number of nitrogens with zero attached hydrogens (tertiary/aromatic N) is 1. The molecule has 0 fully saturated rings. The lowest BCUT2D eigenvalue weighted by atomic mass is 9.81. The molecule has 0 amide bonds. The minimum absolute atomic E-state index is 0.161. The van der Waals surface area contributed by atoms with Gasteiger partial charge in [0.15, 0.2) is 0 Å². The van der Waals surface area contributed by atoms with E-state index in [4.69, 9.17) is 0 Å². The summed E-state index contributed by atoms with van der Waals surface area (Å²) in [5.41, 5.74) is 13.6. The van der Waals surface area contributed by atoms with Crippen molar-refractivity contribution in [1.29, 1.82) is 0 Å². The fourth-order valence-corrected chi connectivity index (χ4v) is 7.78. The zero-order valence-electron chi connectivity index (χ0n) is 27.2. The highest BCUT2D eigenvalue weighted by molar-refractivity contribution is 6.00. The third-order valence-corrected chi connectivity index (χ3v) is 10.2. The van der Waals surface area contributed by atoms with Crippen LogP contribution in [0.25, 0.3) is 54.9 Å². The van der Waals surface area contributed by atoms with Crippen LogP contribution in [0.15, 0.2) is 176 Å². The lowest BCUT2D eigenvalue weighted by Gasteiger charge is -2.30. The summed E-state index contributed by atoms with van der Waals surface area (Å²) >= 11 is 0. The first-order valence-electron chi connectivity index (χ1n) is 16.8. The Kier molecular flexibility index (Phi) is 6.55. The van der Waals surface area contributed by atoms with E-state index in [1.165, 1.54) is 66.1 Å². The topological polar surface area (TPSA) is 3.24 Å². The minimum Gasteiger partial charge on any atom is -0.310 e. The van der Waals surface area contributed by atoms with Gasteiger partial charge in [0.25, 0.3) is 0 Å². The van der Waals surface area contributed by atoms with Gasteiger partial charge in [-0.3, -0.25) is 0 Å². The summed E-state index contributed by atoms with van der Waals surface area (Å²) in [6.45, 7) is 4.75. The Hall–Kier alpha value is -5.92. The van der Waals surface area contributed by atoms with Gasteiger partial charge in [0.2, 0.25) is 0 Å². The minimum atomic E-state index is -0.161. The first kappa shape index (κ1) is 28.3. The Morgan fingerprint density at radius 1 is 0.375 bits per heavy atom. The monoisotopic (exact) mass is 613 g/mol. The quantitative estimate of drug-likeness (QED) is 0.187. The largest absolute Gasteiger partial charge is 0.310 e. The van der Waals surface area contributed by atoms with Gasteiger partial charge in [-0.15, -0.1) is 0 Å². The van der Waals surface area contributed by atoms with Gasteiger partial charge in [0, 0.05) is 22.4 Å². The van der Waals surface area contributed by atoms with Crippen LogP contribution in [0.2, 0.25) is 0 Å². The van der Waals surface area contributed by atoms with E-state index in [2.05, 4.69) is 195 Å². The van der Waals surface area contributed by atoms with Gasteiger partial charge in [-0.25, -0.2) is 0 Å². The summed E-state index contributed by atoms with van der Waals surface area (Å²) in [6, 6.07) is 64.5. The van der Waals surface area contributed by atoms with Crippen LogP contribution in [0.1, 0.15) is 25.0 Å².